The number of rotatable bonds is 2. The van der Waals surface area contributed by atoms with Gasteiger partial charge in [0.1, 0.15) is 0 Å². The van der Waals surface area contributed by atoms with Crippen molar-refractivity contribution in [2.24, 2.45) is 0 Å². The van der Waals surface area contributed by atoms with Crippen molar-refractivity contribution in [1.82, 2.24) is 0 Å². The Morgan fingerprint density at radius 3 is 2.27 bits per heavy atom. The highest BCUT2D eigenvalue weighted by Crippen LogP contribution is 2.40. The zero-order chi connectivity index (χ0) is 7.68. The van der Waals surface area contributed by atoms with Crippen LogP contribution in [0.4, 0.5) is 4.53 Å². The van der Waals surface area contributed by atoms with Crippen molar-refractivity contribution in [2.75, 3.05) is 0 Å². The van der Waals surface area contributed by atoms with Crippen molar-refractivity contribution < 1.29 is 9.47 Å². The Morgan fingerprint density at radius 1 is 1.18 bits per heavy atom. The molecule has 1 aromatic carbocycles. The van der Waals surface area contributed by atoms with Crippen LogP contribution >= 0.6 is 0 Å². The molecule has 0 amide bonds. The number of hydrogen-bond donors (Lipinski definition) is 0. The molecule has 0 aromatic heterocycles. The summed E-state index contributed by atoms with van der Waals surface area (Å²) in [7, 11) is 0. The van der Waals surface area contributed by atoms with Gasteiger partial charge in [0.25, 0.3) is 0 Å². The smallest absolute Gasteiger partial charge is 0.171 e. The molecule has 2 rings (SSSR count). The lowest BCUT2D eigenvalue weighted by atomic mass is 10.1. The highest BCUT2D eigenvalue weighted by atomic mass is 19.3. The summed E-state index contributed by atoms with van der Waals surface area (Å²) >= 11 is 0. The molecule has 0 unspecified atom stereocenters. The molecular weight excluding hydrogens is 143 g/mol. The molecule has 0 saturated heterocycles. The minimum atomic E-state index is 0.286. The molecule has 0 aliphatic heterocycles. The topological polar surface area (TPSA) is 9.23 Å². The van der Waals surface area contributed by atoms with Crippen LogP contribution < -0.4 is 4.94 Å². The van der Waals surface area contributed by atoms with E-state index in [2.05, 4.69) is 4.94 Å². The van der Waals surface area contributed by atoms with Crippen molar-refractivity contribution in [2.45, 2.75) is 18.8 Å². The fourth-order valence-corrected chi connectivity index (χ4v) is 1.21. The maximum absolute atomic E-state index is 11.6. The number of benzene rings is 1. The first kappa shape index (κ1) is 6.65. The van der Waals surface area contributed by atoms with Gasteiger partial charge < -0.3 is 0 Å². The van der Waals surface area contributed by atoms with E-state index in [1.54, 1.807) is 12.1 Å². The molecule has 0 spiro atoms. The lowest BCUT2D eigenvalue weighted by Gasteiger charge is -1.97. The van der Waals surface area contributed by atoms with Gasteiger partial charge in [-0.3, -0.25) is 4.94 Å². The molecule has 11 heavy (non-hydrogen) atoms. The molecule has 1 aromatic rings. The molecule has 1 aliphatic carbocycles. The van der Waals surface area contributed by atoms with Gasteiger partial charge in [0.2, 0.25) is 0 Å². The molecule has 58 valence electrons. The van der Waals surface area contributed by atoms with Crippen molar-refractivity contribution in [3.63, 3.8) is 0 Å². The van der Waals surface area contributed by atoms with E-state index >= 15 is 0 Å². The number of halogens is 1. The fourth-order valence-electron chi connectivity index (χ4n) is 1.21. The first-order valence-electron chi connectivity index (χ1n) is 3.78. The average Bonchev–Trinajstić information content (AvgIpc) is 2.87. The van der Waals surface area contributed by atoms with Crippen molar-refractivity contribution in [3.8, 4) is 5.75 Å². The highest BCUT2D eigenvalue weighted by Gasteiger charge is 2.22. The molecule has 0 N–H and O–H groups in total. The second-order valence-corrected chi connectivity index (χ2v) is 2.92. The lowest BCUT2D eigenvalue weighted by molar-refractivity contribution is -0.00622. The quantitative estimate of drug-likeness (QED) is 0.633. The summed E-state index contributed by atoms with van der Waals surface area (Å²) in [6, 6.07) is 7.17. The SMILES string of the molecule is FOc1ccc(C2CC2)cc1. The molecule has 1 nitrogen and oxygen atoms in total. The van der Waals surface area contributed by atoms with Crippen molar-refractivity contribution >= 4 is 0 Å². The van der Waals surface area contributed by atoms with Crippen LogP contribution in [0.3, 0.4) is 0 Å². The summed E-state index contributed by atoms with van der Waals surface area (Å²) < 4.78 is 11.6. The van der Waals surface area contributed by atoms with Crippen LogP contribution in [-0.4, -0.2) is 0 Å². The van der Waals surface area contributed by atoms with Gasteiger partial charge >= 0.3 is 0 Å². The van der Waals surface area contributed by atoms with Gasteiger partial charge in [-0.1, -0.05) is 12.1 Å². The van der Waals surface area contributed by atoms with Crippen LogP contribution in [0.25, 0.3) is 0 Å². The Morgan fingerprint density at radius 2 is 1.82 bits per heavy atom. The molecule has 0 heterocycles. The Hall–Kier alpha value is -1.05. The maximum Gasteiger partial charge on any atom is 0.171 e. The van der Waals surface area contributed by atoms with Crippen molar-refractivity contribution in [1.29, 1.82) is 0 Å². The normalized spacial score (nSPS) is 16.5. The summed E-state index contributed by atoms with van der Waals surface area (Å²) in [5.74, 6) is 1.01. The molecule has 1 aliphatic rings. The largest absolute Gasteiger partial charge is 0.294 e. The van der Waals surface area contributed by atoms with Crippen molar-refractivity contribution in [3.05, 3.63) is 29.8 Å². The van der Waals surface area contributed by atoms with Gasteiger partial charge in [-0.05, 0) is 36.5 Å². The zero-order valence-electron chi connectivity index (χ0n) is 6.09. The van der Waals surface area contributed by atoms with E-state index in [0.717, 1.165) is 5.92 Å². The summed E-state index contributed by atoms with van der Waals surface area (Å²) in [5.41, 5.74) is 1.30. The molecule has 0 bridgehead atoms. The average molecular weight is 152 g/mol. The van der Waals surface area contributed by atoms with Gasteiger partial charge in [-0.15, -0.1) is 0 Å². The van der Waals surface area contributed by atoms with Crippen LogP contribution in [0.5, 0.6) is 5.75 Å². The van der Waals surface area contributed by atoms with Crippen LogP contribution in [0.15, 0.2) is 24.3 Å². The van der Waals surface area contributed by atoms with E-state index in [4.69, 9.17) is 0 Å². The third-order valence-electron chi connectivity index (χ3n) is 2.02. The first-order chi connectivity index (χ1) is 5.40. The molecule has 1 fully saturated rings. The first-order valence-corrected chi connectivity index (χ1v) is 3.78. The highest BCUT2D eigenvalue weighted by molar-refractivity contribution is 5.30. The summed E-state index contributed by atoms with van der Waals surface area (Å²) in [6.45, 7) is 0. The Bertz CT molecular complexity index is 238. The lowest BCUT2D eigenvalue weighted by Crippen LogP contribution is -1.79. The van der Waals surface area contributed by atoms with Gasteiger partial charge in [0.15, 0.2) is 5.75 Å². The fraction of sp³-hybridized carbons (Fsp3) is 0.333. The third kappa shape index (κ3) is 1.34. The van der Waals surface area contributed by atoms with E-state index in [1.807, 2.05) is 12.1 Å². The molecular formula is C9H9FO. The summed E-state index contributed by atoms with van der Waals surface area (Å²) in [5, 5.41) is 0. The van der Waals surface area contributed by atoms with E-state index in [0.29, 0.717) is 0 Å². The Kier molecular flexibility index (Phi) is 1.53. The van der Waals surface area contributed by atoms with E-state index in [1.165, 1.54) is 18.4 Å². The summed E-state index contributed by atoms with van der Waals surface area (Å²) in [6.07, 6.45) is 2.55. The van der Waals surface area contributed by atoms with Crippen LogP contribution in [0, 0.1) is 0 Å². The predicted molar refractivity (Wildman–Crippen MR) is 40.2 cm³/mol. The maximum atomic E-state index is 11.6. The second kappa shape index (κ2) is 2.53. The monoisotopic (exact) mass is 152 g/mol. The van der Waals surface area contributed by atoms with Gasteiger partial charge in [-0.25, -0.2) is 0 Å². The van der Waals surface area contributed by atoms with Gasteiger partial charge in [0, 0.05) is 4.53 Å². The standard InChI is InChI=1S/C9H9FO/c10-11-9-5-3-8(4-6-9)7-1-2-7/h3-7H,1-2H2. The van der Waals surface area contributed by atoms with Crippen LogP contribution in [-0.2, 0) is 0 Å². The van der Waals surface area contributed by atoms with E-state index in [9.17, 15) is 4.53 Å². The molecule has 1 saturated carbocycles. The second-order valence-electron chi connectivity index (χ2n) is 2.92. The number of hydrogen-bond acceptors (Lipinski definition) is 1. The van der Waals surface area contributed by atoms with Crippen LogP contribution in [0.1, 0.15) is 24.3 Å². The molecule has 2 heteroatoms. The molecule has 0 radical (unpaired) electrons. The predicted octanol–water partition coefficient (Wildman–Crippen LogP) is 2.83. The van der Waals surface area contributed by atoms with Gasteiger partial charge in [-0.2, -0.15) is 0 Å². The Labute approximate surface area is 64.7 Å². The van der Waals surface area contributed by atoms with Crippen LogP contribution in [0.2, 0.25) is 0 Å². The van der Waals surface area contributed by atoms with E-state index < -0.39 is 0 Å². The Balaban J connectivity index is 2.19. The summed E-state index contributed by atoms with van der Waals surface area (Å²) in [4.78, 5) is 3.57. The molecule has 0 atom stereocenters. The zero-order valence-corrected chi connectivity index (χ0v) is 6.09. The van der Waals surface area contributed by atoms with E-state index in [-0.39, 0.29) is 5.75 Å². The third-order valence-corrected chi connectivity index (χ3v) is 2.02. The minimum absolute atomic E-state index is 0.286. The van der Waals surface area contributed by atoms with Gasteiger partial charge in [0.05, 0.1) is 0 Å². The minimum Gasteiger partial charge on any atom is -0.294 e.